The van der Waals surface area contributed by atoms with Gasteiger partial charge in [0, 0.05) is 17.3 Å². The van der Waals surface area contributed by atoms with E-state index in [1.165, 1.54) is 6.08 Å². The molecule has 1 atom stereocenters. The molecular weight excluding hydrogens is 424 g/mol. The molecule has 2 N–H and O–H groups in total. The van der Waals surface area contributed by atoms with E-state index in [1.807, 2.05) is 31.4 Å². The van der Waals surface area contributed by atoms with E-state index in [2.05, 4.69) is 10.6 Å². The van der Waals surface area contributed by atoms with Crippen LogP contribution in [0.5, 0.6) is 0 Å². The molecule has 0 aliphatic carbocycles. The summed E-state index contributed by atoms with van der Waals surface area (Å²) in [6.07, 6.45) is 6.32. The summed E-state index contributed by atoms with van der Waals surface area (Å²) in [7, 11) is 0. The van der Waals surface area contributed by atoms with Crippen LogP contribution < -0.4 is 10.6 Å². The fraction of sp³-hybridized carbons (Fsp3) is 0.320. The van der Waals surface area contributed by atoms with Crippen LogP contribution in [0.15, 0.2) is 54.6 Å². The number of nitrogens with one attached hydrogen (secondary N) is 2. The van der Waals surface area contributed by atoms with Gasteiger partial charge in [-0.15, -0.1) is 0 Å². The molecule has 2 aromatic rings. The summed E-state index contributed by atoms with van der Waals surface area (Å²) in [5.74, 6) is -0.191. The molecule has 0 fully saturated rings. The number of aryl methyl sites for hydroxylation is 1. The van der Waals surface area contributed by atoms with Crippen molar-refractivity contribution in [3.05, 3.63) is 71.3 Å². The van der Waals surface area contributed by atoms with Crippen molar-refractivity contribution in [2.45, 2.75) is 32.7 Å². The summed E-state index contributed by atoms with van der Waals surface area (Å²) in [5, 5.41) is 5.76. The van der Waals surface area contributed by atoms with Gasteiger partial charge in [-0.2, -0.15) is 11.8 Å². The predicted molar refractivity (Wildman–Crippen MR) is 131 cm³/mol. The highest BCUT2D eigenvalue weighted by atomic mass is 32.2. The summed E-state index contributed by atoms with van der Waals surface area (Å²) in [5.41, 5.74) is 3.02. The van der Waals surface area contributed by atoms with Crippen LogP contribution in [0, 0.1) is 0 Å². The van der Waals surface area contributed by atoms with Crippen molar-refractivity contribution in [2.24, 2.45) is 0 Å². The van der Waals surface area contributed by atoms with E-state index in [1.54, 1.807) is 55.1 Å². The molecule has 0 saturated heterocycles. The van der Waals surface area contributed by atoms with Crippen molar-refractivity contribution in [3.63, 3.8) is 0 Å². The fourth-order valence-corrected chi connectivity index (χ4v) is 3.54. The van der Waals surface area contributed by atoms with E-state index in [-0.39, 0.29) is 11.8 Å². The molecule has 0 heterocycles. The number of ether oxygens (including phenoxy) is 1. The van der Waals surface area contributed by atoms with Gasteiger partial charge in [-0.25, -0.2) is 4.79 Å². The number of hydrogen-bond donors (Lipinski definition) is 2. The second kappa shape index (κ2) is 13.4. The van der Waals surface area contributed by atoms with Crippen molar-refractivity contribution >= 4 is 41.3 Å². The minimum absolute atomic E-state index is 0.264. The van der Waals surface area contributed by atoms with Crippen LogP contribution in [-0.4, -0.2) is 42.4 Å². The molecule has 0 saturated carbocycles. The first-order valence-corrected chi connectivity index (χ1v) is 12.0. The molecule has 0 radical (unpaired) electrons. The summed E-state index contributed by atoms with van der Waals surface area (Å²) in [4.78, 5) is 37.1. The molecule has 0 aromatic heterocycles. The number of anilines is 1. The number of esters is 1. The molecule has 0 bridgehead atoms. The topological polar surface area (TPSA) is 84.5 Å². The van der Waals surface area contributed by atoms with Crippen LogP contribution in [0.2, 0.25) is 0 Å². The van der Waals surface area contributed by atoms with E-state index >= 15 is 0 Å². The zero-order valence-corrected chi connectivity index (χ0v) is 19.5. The fourth-order valence-electron chi connectivity index (χ4n) is 3.07. The first-order valence-electron chi connectivity index (χ1n) is 10.6. The molecule has 2 amide bonds. The lowest BCUT2D eigenvalue weighted by Gasteiger charge is -2.19. The molecule has 32 heavy (non-hydrogen) atoms. The van der Waals surface area contributed by atoms with Crippen LogP contribution in [-0.2, 0) is 20.7 Å². The van der Waals surface area contributed by atoms with Crippen LogP contribution in [0.25, 0.3) is 6.08 Å². The van der Waals surface area contributed by atoms with Gasteiger partial charge < -0.3 is 15.4 Å². The zero-order chi connectivity index (χ0) is 23.3. The lowest BCUT2D eigenvalue weighted by Crippen LogP contribution is -2.44. The van der Waals surface area contributed by atoms with Gasteiger partial charge in [-0.1, -0.05) is 31.2 Å². The Morgan fingerprint density at radius 3 is 2.50 bits per heavy atom. The number of carbonyl (C=O) groups excluding carboxylic acids is 3. The monoisotopic (exact) mass is 454 g/mol. The van der Waals surface area contributed by atoms with Gasteiger partial charge in [0.1, 0.15) is 6.04 Å². The smallest absolute Gasteiger partial charge is 0.330 e. The Morgan fingerprint density at radius 1 is 1.09 bits per heavy atom. The third-order valence-corrected chi connectivity index (χ3v) is 5.39. The molecular formula is C25H30N2O4S. The standard InChI is InChI=1S/C25H30N2O4S/c1-4-18-17-21(13-11-19(18)12-14-23(28)31-5-2)26-25(30)22(15-16-32-3)27-24(29)20-9-7-6-8-10-20/h6-14,17,22H,4-5,15-16H2,1-3H3,(H,26,30)(H,27,29). The average Bonchev–Trinajstić information content (AvgIpc) is 2.81. The number of hydrogen-bond acceptors (Lipinski definition) is 5. The Kier molecular flexibility index (Phi) is 10.5. The number of amides is 2. The highest BCUT2D eigenvalue weighted by Crippen LogP contribution is 2.19. The van der Waals surface area contributed by atoms with Crippen molar-refractivity contribution in [1.29, 1.82) is 0 Å². The Balaban J connectivity index is 2.12. The highest BCUT2D eigenvalue weighted by Gasteiger charge is 2.21. The van der Waals surface area contributed by atoms with Crippen LogP contribution in [0.1, 0.15) is 41.8 Å². The SMILES string of the molecule is CCOC(=O)C=Cc1ccc(NC(=O)C(CCSC)NC(=O)c2ccccc2)cc1CC. The molecule has 0 spiro atoms. The Hall–Kier alpha value is -3.06. The second-order valence-electron chi connectivity index (χ2n) is 7.02. The Bertz CT molecular complexity index is 944. The van der Waals surface area contributed by atoms with Crippen LogP contribution >= 0.6 is 11.8 Å². The number of thioether (sulfide) groups is 1. The van der Waals surface area contributed by atoms with Gasteiger partial charge in [-0.05, 0) is 73.2 Å². The Labute approximate surface area is 193 Å². The maximum atomic E-state index is 12.9. The third kappa shape index (κ3) is 7.89. The first kappa shape index (κ1) is 25.2. The molecule has 6 nitrogen and oxygen atoms in total. The zero-order valence-electron chi connectivity index (χ0n) is 18.7. The number of benzene rings is 2. The Morgan fingerprint density at radius 2 is 1.84 bits per heavy atom. The summed E-state index contributed by atoms with van der Waals surface area (Å²) < 4.78 is 4.92. The van der Waals surface area contributed by atoms with Gasteiger partial charge in [-0.3, -0.25) is 9.59 Å². The quantitative estimate of drug-likeness (QED) is 0.390. The van der Waals surface area contributed by atoms with E-state index in [9.17, 15) is 14.4 Å². The summed E-state index contributed by atoms with van der Waals surface area (Å²) in [6.45, 7) is 4.09. The van der Waals surface area contributed by atoms with Crippen molar-refractivity contribution in [3.8, 4) is 0 Å². The second-order valence-corrected chi connectivity index (χ2v) is 8.00. The average molecular weight is 455 g/mol. The number of rotatable bonds is 11. The van der Waals surface area contributed by atoms with E-state index in [0.29, 0.717) is 24.3 Å². The van der Waals surface area contributed by atoms with Gasteiger partial charge in [0.2, 0.25) is 5.91 Å². The lowest BCUT2D eigenvalue weighted by atomic mass is 10.0. The summed E-state index contributed by atoms with van der Waals surface area (Å²) in [6, 6.07) is 13.7. The van der Waals surface area contributed by atoms with Crippen molar-refractivity contribution in [2.75, 3.05) is 23.9 Å². The van der Waals surface area contributed by atoms with Crippen LogP contribution in [0.3, 0.4) is 0 Å². The molecule has 2 rings (SSSR count). The molecule has 170 valence electrons. The van der Waals surface area contributed by atoms with E-state index in [4.69, 9.17) is 4.74 Å². The van der Waals surface area contributed by atoms with Gasteiger partial charge in [0.25, 0.3) is 5.91 Å². The molecule has 0 aliphatic heterocycles. The van der Waals surface area contributed by atoms with Gasteiger partial charge >= 0.3 is 5.97 Å². The largest absolute Gasteiger partial charge is 0.463 e. The maximum Gasteiger partial charge on any atom is 0.330 e. The van der Waals surface area contributed by atoms with Crippen molar-refractivity contribution in [1.82, 2.24) is 5.32 Å². The third-order valence-electron chi connectivity index (χ3n) is 4.75. The van der Waals surface area contributed by atoms with E-state index in [0.717, 1.165) is 23.3 Å². The predicted octanol–water partition coefficient (Wildman–Crippen LogP) is 4.32. The van der Waals surface area contributed by atoms with Crippen LogP contribution in [0.4, 0.5) is 5.69 Å². The minimum atomic E-state index is -0.649. The first-order chi connectivity index (χ1) is 15.5. The number of carbonyl (C=O) groups is 3. The maximum absolute atomic E-state index is 12.9. The lowest BCUT2D eigenvalue weighted by molar-refractivity contribution is -0.137. The molecule has 7 heteroatoms. The molecule has 1 unspecified atom stereocenters. The summed E-state index contributed by atoms with van der Waals surface area (Å²) >= 11 is 1.62. The molecule has 2 aromatic carbocycles. The normalized spacial score (nSPS) is 11.7. The van der Waals surface area contributed by atoms with Gasteiger partial charge in [0.05, 0.1) is 6.61 Å². The highest BCUT2D eigenvalue weighted by molar-refractivity contribution is 7.98. The molecule has 0 aliphatic rings. The van der Waals surface area contributed by atoms with Gasteiger partial charge in [0.15, 0.2) is 0 Å². The van der Waals surface area contributed by atoms with Crippen molar-refractivity contribution < 1.29 is 19.1 Å². The minimum Gasteiger partial charge on any atom is -0.463 e. The van der Waals surface area contributed by atoms with E-state index < -0.39 is 12.0 Å².